The number of hydrogen-bond acceptors (Lipinski definition) is 2. The summed E-state index contributed by atoms with van der Waals surface area (Å²) in [6.07, 6.45) is 0. The lowest BCUT2D eigenvalue weighted by molar-refractivity contribution is -0.146. The van der Waals surface area contributed by atoms with E-state index in [1.807, 2.05) is 38.1 Å². The minimum Gasteiger partial charge on any atom is -0.481 e. The van der Waals surface area contributed by atoms with Crippen molar-refractivity contribution in [3.05, 3.63) is 29.8 Å². The van der Waals surface area contributed by atoms with Crippen molar-refractivity contribution in [1.82, 2.24) is 0 Å². The molecule has 0 aliphatic rings. The van der Waals surface area contributed by atoms with Crippen LogP contribution in [0.1, 0.15) is 26.3 Å². The van der Waals surface area contributed by atoms with Crippen LogP contribution in [0, 0.1) is 12.3 Å². The fraction of sp³-hybridized carbons (Fsp3) is 0.500. The molecule has 17 heavy (non-hydrogen) atoms. The van der Waals surface area contributed by atoms with Gasteiger partial charge in [-0.2, -0.15) is 0 Å². The predicted octanol–water partition coefficient (Wildman–Crippen LogP) is 2.93. The Balaban J connectivity index is 2.94. The van der Waals surface area contributed by atoms with Gasteiger partial charge in [-0.25, -0.2) is 0 Å². The largest absolute Gasteiger partial charge is 0.481 e. The predicted molar refractivity (Wildman–Crippen MR) is 70.5 cm³/mol. The van der Waals surface area contributed by atoms with E-state index in [4.69, 9.17) is 0 Å². The Bertz CT molecular complexity index is 399. The van der Waals surface area contributed by atoms with Gasteiger partial charge in [-0.15, -0.1) is 0 Å². The highest BCUT2D eigenvalue weighted by Gasteiger charge is 2.29. The second kappa shape index (κ2) is 5.21. The van der Waals surface area contributed by atoms with Gasteiger partial charge >= 0.3 is 5.97 Å². The summed E-state index contributed by atoms with van der Waals surface area (Å²) in [7, 11) is 0. The van der Waals surface area contributed by atoms with E-state index in [0.717, 1.165) is 12.2 Å². The molecule has 3 heteroatoms. The summed E-state index contributed by atoms with van der Waals surface area (Å²) in [5.74, 6) is -0.760. The zero-order chi connectivity index (χ0) is 13.1. The van der Waals surface area contributed by atoms with Crippen molar-refractivity contribution in [2.75, 3.05) is 18.0 Å². The summed E-state index contributed by atoms with van der Waals surface area (Å²) in [5, 5.41) is 9.18. The van der Waals surface area contributed by atoms with Crippen LogP contribution < -0.4 is 4.90 Å². The Morgan fingerprint density at radius 3 is 2.41 bits per heavy atom. The maximum absolute atomic E-state index is 11.2. The standard InChI is InChI=1S/C14H21NO2/c1-5-15(10-14(3,4)13(16)17)12-9-7-6-8-11(12)2/h6-9H,5,10H2,1-4H3,(H,16,17). The number of rotatable bonds is 5. The lowest BCUT2D eigenvalue weighted by Crippen LogP contribution is -2.39. The van der Waals surface area contributed by atoms with Gasteiger partial charge < -0.3 is 10.0 Å². The van der Waals surface area contributed by atoms with Gasteiger partial charge in [0, 0.05) is 18.8 Å². The van der Waals surface area contributed by atoms with Crippen molar-refractivity contribution < 1.29 is 9.90 Å². The van der Waals surface area contributed by atoms with E-state index in [-0.39, 0.29) is 0 Å². The number of carboxylic acids is 1. The molecule has 1 N–H and O–H groups in total. The third kappa shape index (κ3) is 3.22. The molecule has 0 radical (unpaired) electrons. The Labute approximate surface area is 103 Å². The molecule has 0 heterocycles. The molecule has 0 fully saturated rings. The molecule has 0 unspecified atom stereocenters. The smallest absolute Gasteiger partial charge is 0.310 e. The zero-order valence-electron chi connectivity index (χ0n) is 11.0. The van der Waals surface area contributed by atoms with Crippen LogP contribution in [0.25, 0.3) is 0 Å². The molecule has 1 aromatic rings. The second-order valence-electron chi connectivity index (χ2n) is 4.99. The summed E-state index contributed by atoms with van der Waals surface area (Å²) in [4.78, 5) is 13.3. The second-order valence-corrected chi connectivity index (χ2v) is 4.99. The Morgan fingerprint density at radius 2 is 1.94 bits per heavy atom. The third-order valence-electron chi connectivity index (χ3n) is 3.00. The van der Waals surface area contributed by atoms with E-state index in [2.05, 4.69) is 4.90 Å². The quantitative estimate of drug-likeness (QED) is 0.853. The number of nitrogens with zero attached hydrogens (tertiary/aromatic N) is 1. The monoisotopic (exact) mass is 235 g/mol. The van der Waals surface area contributed by atoms with Crippen LogP contribution in [0.3, 0.4) is 0 Å². The van der Waals surface area contributed by atoms with Gasteiger partial charge in [-0.05, 0) is 39.3 Å². The number of anilines is 1. The summed E-state index contributed by atoms with van der Waals surface area (Å²) in [5.41, 5.74) is 1.55. The van der Waals surface area contributed by atoms with E-state index in [1.165, 1.54) is 5.56 Å². The maximum atomic E-state index is 11.2. The fourth-order valence-electron chi connectivity index (χ4n) is 1.83. The minimum atomic E-state index is -0.760. The Kier molecular flexibility index (Phi) is 4.16. The van der Waals surface area contributed by atoms with E-state index in [9.17, 15) is 9.90 Å². The molecule has 0 bridgehead atoms. The molecule has 0 aliphatic heterocycles. The van der Waals surface area contributed by atoms with Crippen LogP contribution in [-0.4, -0.2) is 24.2 Å². The van der Waals surface area contributed by atoms with Crippen LogP contribution in [0.15, 0.2) is 24.3 Å². The molecule has 94 valence electrons. The number of aliphatic carboxylic acids is 1. The van der Waals surface area contributed by atoms with Gasteiger partial charge in [0.15, 0.2) is 0 Å². The van der Waals surface area contributed by atoms with Crippen LogP contribution in [-0.2, 0) is 4.79 Å². The first kappa shape index (κ1) is 13.6. The first-order valence-electron chi connectivity index (χ1n) is 5.92. The molecular formula is C14H21NO2. The van der Waals surface area contributed by atoms with E-state index in [0.29, 0.717) is 6.54 Å². The SMILES string of the molecule is CCN(CC(C)(C)C(=O)O)c1ccccc1C. The highest BCUT2D eigenvalue weighted by atomic mass is 16.4. The van der Waals surface area contributed by atoms with Crippen LogP contribution in [0.5, 0.6) is 0 Å². The van der Waals surface area contributed by atoms with Crippen molar-refractivity contribution in [1.29, 1.82) is 0 Å². The van der Waals surface area contributed by atoms with Crippen molar-refractivity contribution in [3.63, 3.8) is 0 Å². The molecule has 0 spiro atoms. The lowest BCUT2D eigenvalue weighted by atomic mass is 9.92. The topological polar surface area (TPSA) is 40.5 Å². The van der Waals surface area contributed by atoms with Gasteiger partial charge in [0.25, 0.3) is 0 Å². The van der Waals surface area contributed by atoms with E-state index in [1.54, 1.807) is 13.8 Å². The normalized spacial score (nSPS) is 11.3. The van der Waals surface area contributed by atoms with Crippen molar-refractivity contribution in [2.24, 2.45) is 5.41 Å². The summed E-state index contributed by atoms with van der Waals surface area (Å²) >= 11 is 0. The number of carbonyl (C=O) groups is 1. The third-order valence-corrected chi connectivity index (χ3v) is 3.00. The summed E-state index contributed by atoms with van der Waals surface area (Å²) < 4.78 is 0. The van der Waals surface area contributed by atoms with Gasteiger partial charge in [0.1, 0.15) is 0 Å². The molecule has 1 rings (SSSR count). The summed E-state index contributed by atoms with van der Waals surface area (Å²) in [6, 6.07) is 8.07. The van der Waals surface area contributed by atoms with Gasteiger partial charge in [-0.1, -0.05) is 18.2 Å². The number of hydrogen-bond donors (Lipinski definition) is 1. The Hall–Kier alpha value is -1.51. The maximum Gasteiger partial charge on any atom is 0.310 e. The van der Waals surface area contributed by atoms with Crippen LogP contribution in [0.4, 0.5) is 5.69 Å². The highest BCUT2D eigenvalue weighted by Crippen LogP contribution is 2.24. The zero-order valence-corrected chi connectivity index (χ0v) is 11.0. The molecule has 3 nitrogen and oxygen atoms in total. The highest BCUT2D eigenvalue weighted by molar-refractivity contribution is 5.74. The molecule has 0 aromatic heterocycles. The molecule has 0 saturated carbocycles. The molecule has 0 aliphatic carbocycles. The molecule has 0 saturated heterocycles. The fourth-order valence-corrected chi connectivity index (χ4v) is 1.83. The molecule has 0 amide bonds. The van der Waals surface area contributed by atoms with Crippen LogP contribution in [0.2, 0.25) is 0 Å². The van der Waals surface area contributed by atoms with Gasteiger partial charge in [-0.3, -0.25) is 4.79 Å². The molecule has 1 aromatic carbocycles. The first-order chi connectivity index (χ1) is 7.88. The van der Waals surface area contributed by atoms with E-state index >= 15 is 0 Å². The molecular weight excluding hydrogens is 214 g/mol. The Morgan fingerprint density at radius 1 is 1.35 bits per heavy atom. The van der Waals surface area contributed by atoms with Crippen molar-refractivity contribution >= 4 is 11.7 Å². The molecule has 0 atom stereocenters. The van der Waals surface area contributed by atoms with Crippen molar-refractivity contribution in [3.8, 4) is 0 Å². The van der Waals surface area contributed by atoms with E-state index < -0.39 is 11.4 Å². The average Bonchev–Trinajstić information content (AvgIpc) is 2.26. The first-order valence-corrected chi connectivity index (χ1v) is 5.92. The number of para-hydroxylation sites is 1. The minimum absolute atomic E-state index is 0.518. The lowest BCUT2D eigenvalue weighted by Gasteiger charge is -2.31. The number of aryl methyl sites for hydroxylation is 1. The average molecular weight is 235 g/mol. The van der Waals surface area contributed by atoms with Crippen molar-refractivity contribution in [2.45, 2.75) is 27.7 Å². The summed E-state index contributed by atoms with van der Waals surface area (Å²) in [6.45, 7) is 8.94. The van der Waals surface area contributed by atoms with Gasteiger partial charge in [0.2, 0.25) is 0 Å². The number of benzene rings is 1. The van der Waals surface area contributed by atoms with Gasteiger partial charge in [0.05, 0.1) is 5.41 Å². The number of carboxylic acid groups (broad SMARTS) is 1. The van der Waals surface area contributed by atoms with Crippen LogP contribution >= 0.6 is 0 Å².